The number of pyridine rings is 1. The fourth-order valence-electron chi connectivity index (χ4n) is 2.81. The number of ether oxygens (including phenoxy) is 1. The molecule has 0 N–H and O–H groups in total. The first-order valence-electron chi connectivity index (χ1n) is 8.01. The quantitative estimate of drug-likeness (QED) is 0.809. The molecule has 1 aliphatic heterocycles. The zero-order chi connectivity index (χ0) is 18.8. The van der Waals surface area contributed by atoms with Gasteiger partial charge in [-0.15, -0.1) is 0 Å². The Morgan fingerprint density at radius 3 is 2.58 bits per heavy atom. The van der Waals surface area contributed by atoms with Crippen LogP contribution in [0.1, 0.15) is 18.4 Å². The third kappa shape index (κ3) is 4.16. The normalized spacial score (nSPS) is 19.3. The Hall–Kier alpha value is -2.13. The summed E-state index contributed by atoms with van der Waals surface area (Å²) in [5.41, 5.74) is -0.986. The minimum atomic E-state index is -4.60. The van der Waals surface area contributed by atoms with Crippen molar-refractivity contribution in [3.8, 4) is 5.75 Å². The Kier molecular flexibility index (Phi) is 5.19. The second-order valence-electron chi connectivity index (χ2n) is 5.95. The summed E-state index contributed by atoms with van der Waals surface area (Å²) in [7, 11) is -4.03. The van der Waals surface area contributed by atoms with Gasteiger partial charge < -0.3 is 4.74 Å². The molecule has 0 aliphatic carbocycles. The van der Waals surface area contributed by atoms with Gasteiger partial charge in [0.15, 0.2) is 0 Å². The summed E-state index contributed by atoms with van der Waals surface area (Å²) in [6, 6.07) is 7.14. The lowest BCUT2D eigenvalue weighted by Crippen LogP contribution is -2.44. The van der Waals surface area contributed by atoms with Crippen molar-refractivity contribution in [1.29, 1.82) is 0 Å². The van der Waals surface area contributed by atoms with E-state index < -0.39 is 21.8 Å². The summed E-state index contributed by atoms with van der Waals surface area (Å²) in [4.78, 5) is 3.52. The van der Waals surface area contributed by atoms with Crippen LogP contribution in [0.25, 0.3) is 0 Å². The van der Waals surface area contributed by atoms with E-state index in [0.29, 0.717) is 24.7 Å². The van der Waals surface area contributed by atoms with Gasteiger partial charge in [0.05, 0.1) is 17.0 Å². The van der Waals surface area contributed by atoms with Crippen LogP contribution < -0.4 is 4.74 Å². The zero-order valence-corrected chi connectivity index (χ0v) is 14.5. The van der Waals surface area contributed by atoms with Crippen molar-refractivity contribution in [2.45, 2.75) is 30.0 Å². The van der Waals surface area contributed by atoms with Gasteiger partial charge in [0.1, 0.15) is 11.9 Å². The molecule has 140 valence electrons. The number of alkyl halides is 3. The Morgan fingerprint density at radius 2 is 1.88 bits per heavy atom. The van der Waals surface area contributed by atoms with Crippen LogP contribution in [0.2, 0.25) is 0 Å². The fraction of sp³-hybridized carbons (Fsp3) is 0.353. The molecule has 26 heavy (non-hydrogen) atoms. The summed E-state index contributed by atoms with van der Waals surface area (Å²) >= 11 is 0. The smallest absolute Gasteiger partial charge is 0.416 e. The Labute approximate surface area is 149 Å². The number of hydrogen-bond acceptors (Lipinski definition) is 4. The highest BCUT2D eigenvalue weighted by Crippen LogP contribution is 2.31. The molecule has 1 fully saturated rings. The third-order valence-corrected chi connectivity index (χ3v) is 5.95. The molecule has 1 saturated heterocycles. The topological polar surface area (TPSA) is 59.5 Å². The molecule has 3 rings (SSSR count). The maximum absolute atomic E-state index is 12.9. The predicted octanol–water partition coefficient (Wildman–Crippen LogP) is 3.33. The van der Waals surface area contributed by atoms with Gasteiger partial charge in [0.25, 0.3) is 0 Å². The van der Waals surface area contributed by atoms with Gasteiger partial charge in [0.2, 0.25) is 10.0 Å². The fourth-order valence-corrected chi connectivity index (χ4v) is 4.37. The van der Waals surface area contributed by atoms with Gasteiger partial charge in [-0.3, -0.25) is 4.98 Å². The lowest BCUT2D eigenvalue weighted by molar-refractivity contribution is -0.137. The molecule has 1 aromatic carbocycles. The molecular formula is C17H17F3N2O3S. The van der Waals surface area contributed by atoms with Gasteiger partial charge in [0, 0.05) is 18.9 Å². The first-order valence-corrected chi connectivity index (χ1v) is 9.45. The van der Waals surface area contributed by atoms with Crippen molar-refractivity contribution in [3.63, 3.8) is 0 Å². The predicted molar refractivity (Wildman–Crippen MR) is 88.1 cm³/mol. The van der Waals surface area contributed by atoms with Gasteiger partial charge in [-0.25, -0.2) is 8.42 Å². The summed E-state index contributed by atoms with van der Waals surface area (Å²) in [5.74, 6) is 0.573. The van der Waals surface area contributed by atoms with Crippen LogP contribution in [0.5, 0.6) is 5.75 Å². The van der Waals surface area contributed by atoms with Crippen molar-refractivity contribution in [2.75, 3.05) is 13.1 Å². The molecule has 9 heteroatoms. The van der Waals surface area contributed by atoms with E-state index in [2.05, 4.69) is 4.98 Å². The van der Waals surface area contributed by atoms with Crippen molar-refractivity contribution < 1.29 is 26.3 Å². The van der Waals surface area contributed by atoms with E-state index in [1.807, 2.05) is 0 Å². The van der Waals surface area contributed by atoms with Gasteiger partial charge in [-0.2, -0.15) is 17.5 Å². The molecule has 0 radical (unpaired) electrons. The van der Waals surface area contributed by atoms with E-state index in [9.17, 15) is 21.6 Å². The number of halogens is 3. The highest BCUT2D eigenvalue weighted by molar-refractivity contribution is 7.89. The minimum absolute atomic E-state index is 0.0842. The van der Waals surface area contributed by atoms with Crippen LogP contribution in [0.3, 0.4) is 0 Å². The van der Waals surface area contributed by atoms with Crippen molar-refractivity contribution in [3.05, 3.63) is 54.4 Å². The van der Waals surface area contributed by atoms with Crippen LogP contribution in [-0.2, 0) is 16.2 Å². The van der Waals surface area contributed by atoms with Crippen molar-refractivity contribution >= 4 is 10.0 Å². The average molecular weight is 386 g/mol. The van der Waals surface area contributed by atoms with Crippen LogP contribution in [0.4, 0.5) is 13.2 Å². The summed E-state index contributed by atoms with van der Waals surface area (Å²) in [5, 5.41) is 0. The van der Waals surface area contributed by atoms with E-state index in [-0.39, 0.29) is 24.1 Å². The average Bonchev–Trinajstić information content (AvgIpc) is 2.62. The monoisotopic (exact) mass is 386 g/mol. The van der Waals surface area contributed by atoms with Crippen molar-refractivity contribution in [1.82, 2.24) is 9.29 Å². The molecular weight excluding hydrogens is 369 g/mol. The highest BCUT2D eigenvalue weighted by Gasteiger charge is 2.35. The second-order valence-corrected chi connectivity index (χ2v) is 7.89. The summed E-state index contributed by atoms with van der Waals surface area (Å²) < 4.78 is 71.1. The second kappa shape index (κ2) is 7.24. The number of rotatable bonds is 4. The highest BCUT2D eigenvalue weighted by atomic mass is 32.2. The molecule has 2 heterocycles. The van der Waals surface area contributed by atoms with Crippen molar-refractivity contribution in [2.24, 2.45) is 0 Å². The zero-order valence-electron chi connectivity index (χ0n) is 13.7. The summed E-state index contributed by atoms with van der Waals surface area (Å²) in [6.45, 7) is 0.329. The minimum Gasteiger partial charge on any atom is -0.489 e. The molecule has 0 bridgehead atoms. The van der Waals surface area contributed by atoms with Gasteiger partial charge >= 0.3 is 6.18 Å². The molecule has 1 aromatic heterocycles. The number of hydrogen-bond donors (Lipinski definition) is 0. The molecule has 1 aliphatic rings. The number of sulfonamides is 1. The Balaban J connectivity index is 1.79. The van der Waals surface area contributed by atoms with E-state index in [1.165, 1.54) is 10.4 Å². The largest absolute Gasteiger partial charge is 0.489 e. The standard InChI is InChI=1S/C17H17F3N2O3S/c18-17(19,20)13-3-1-5-16(11-13)26(23,24)22-10-2-4-15(12-22)25-14-6-8-21-9-7-14/h1,3,5-9,11,15H,2,4,10,12H2. The van der Waals surface area contributed by atoms with Crippen LogP contribution in [0.15, 0.2) is 53.7 Å². The summed E-state index contributed by atoms with van der Waals surface area (Å²) in [6.07, 6.45) is -0.609. The molecule has 0 spiro atoms. The van der Waals surface area contributed by atoms with E-state index in [0.717, 1.165) is 12.1 Å². The van der Waals surface area contributed by atoms with Gasteiger partial charge in [-0.05, 0) is 43.2 Å². The lowest BCUT2D eigenvalue weighted by atomic mass is 10.1. The maximum Gasteiger partial charge on any atom is 0.416 e. The molecule has 1 atom stereocenters. The first-order chi connectivity index (χ1) is 12.3. The lowest BCUT2D eigenvalue weighted by Gasteiger charge is -2.32. The molecule has 2 aromatic rings. The Morgan fingerprint density at radius 1 is 1.15 bits per heavy atom. The molecule has 0 amide bonds. The number of nitrogens with zero attached hydrogens (tertiary/aromatic N) is 2. The molecule has 1 unspecified atom stereocenters. The van der Waals surface area contributed by atoms with E-state index >= 15 is 0 Å². The number of piperidine rings is 1. The van der Waals surface area contributed by atoms with Gasteiger partial charge in [-0.1, -0.05) is 6.07 Å². The number of aromatic nitrogens is 1. The van der Waals surface area contributed by atoms with Crippen LogP contribution >= 0.6 is 0 Å². The van der Waals surface area contributed by atoms with Crippen LogP contribution in [-0.4, -0.2) is 36.9 Å². The first kappa shape index (κ1) is 18.7. The molecule has 0 saturated carbocycles. The third-order valence-electron chi connectivity index (χ3n) is 4.09. The SMILES string of the molecule is O=S(=O)(c1cccc(C(F)(F)F)c1)N1CCCC(Oc2ccncc2)C1. The van der Waals surface area contributed by atoms with E-state index in [4.69, 9.17) is 4.74 Å². The van der Waals surface area contributed by atoms with Crippen LogP contribution in [0, 0.1) is 0 Å². The maximum atomic E-state index is 12.9. The number of benzene rings is 1. The Bertz CT molecular complexity index is 857. The molecule has 5 nitrogen and oxygen atoms in total. The van der Waals surface area contributed by atoms with E-state index in [1.54, 1.807) is 24.5 Å².